The Morgan fingerprint density at radius 3 is 2.65 bits per heavy atom. The summed E-state index contributed by atoms with van der Waals surface area (Å²) in [5.41, 5.74) is 4.35. The van der Waals surface area contributed by atoms with Crippen molar-refractivity contribution in [3.63, 3.8) is 0 Å². The third kappa shape index (κ3) is 3.50. The van der Waals surface area contributed by atoms with Crippen LogP contribution in [0.25, 0.3) is 11.0 Å². The molecule has 1 atom stereocenters. The highest BCUT2D eigenvalue weighted by Gasteiger charge is 2.08. The molecular formula is C18H21N3OS. The maximum atomic E-state index is 12.2. The van der Waals surface area contributed by atoms with Crippen molar-refractivity contribution in [1.82, 2.24) is 14.5 Å². The zero-order valence-electron chi connectivity index (χ0n) is 13.5. The summed E-state index contributed by atoms with van der Waals surface area (Å²) < 4.78 is 14.4. The van der Waals surface area contributed by atoms with Crippen LogP contribution in [-0.2, 0) is 17.3 Å². The van der Waals surface area contributed by atoms with E-state index in [1.807, 2.05) is 49.8 Å². The molecule has 4 nitrogen and oxygen atoms in total. The van der Waals surface area contributed by atoms with E-state index in [2.05, 4.69) is 21.5 Å². The smallest absolute Gasteiger partial charge is 0.107 e. The zero-order chi connectivity index (χ0) is 16.2. The van der Waals surface area contributed by atoms with Gasteiger partial charge in [0.15, 0.2) is 0 Å². The van der Waals surface area contributed by atoms with E-state index < -0.39 is 10.8 Å². The number of aromatic nitrogens is 3. The van der Waals surface area contributed by atoms with Crippen molar-refractivity contribution >= 4 is 21.8 Å². The van der Waals surface area contributed by atoms with Gasteiger partial charge in [0.25, 0.3) is 0 Å². The molecule has 5 heteroatoms. The summed E-state index contributed by atoms with van der Waals surface area (Å²) in [4.78, 5) is 9.69. The van der Waals surface area contributed by atoms with E-state index in [1.54, 1.807) is 0 Å². The molecule has 0 aliphatic heterocycles. The third-order valence-corrected chi connectivity index (χ3v) is 5.59. The van der Waals surface area contributed by atoms with Gasteiger partial charge in [-0.1, -0.05) is 18.2 Å². The van der Waals surface area contributed by atoms with Crippen LogP contribution < -0.4 is 0 Å². The van der Waals surface area contributed by atoms with Gasteiger partial charge < -0.3 is 4.57 Å². The van der Waals surface area contributed by atoms with Crippen LogP contribution in [0.15, 0.2) is 47.8 Å². The highest BCUT2D eigenvalue weighted by atomic mass is 32.2. The molecule has 0 bridgehead atoms. The van der Waals surface area contributed by atoms with Crippen molar-refractivity contribution in [2.45, 2.75) is 38.1 Å². The SMILES string of the molecule is Cc1ncc2ncn(CCCCS(=O)c3ccccc3)c2c1C. The van der Waals surface area contributed by atoms with Crippen LogP contribution in [0.1, 0.15) is 24.1 Å². The first-order chi connectivity index (χ1) is 11.2. The van der Waals surface area contributed by atoms with Crippen molar-refractivity contribution in [1.29, 1.82) is 0 Å². The first-order valence-electron chi connectivity index (χ1n) is 7.87. The summed E-state index contributed by atoms with van der Waals surface area (Å²) in [7, 11) is -0.902. The molecule has 0 fully saturated rings. The number of hydrogen-bond acceptors (Lipinski definition) is 3. The van der Waals surface area contributed by atoms with Gasteiger partial charge in [-0.05, 0) is 44.4 Å². The third-order valence-electron chi connectivity index (χ3n) is 4.13. The van der Waals surface area contributed by atoms with Crippen molar-refractivity contribution < 1.29 is 4.21 Å². The quantitative estimate of drug-likeness (QED) is 0.650. The number of rotatable bonds is 6. The maximum Gasteiger partial charge on any atom is 0.107 e. The fourth-order valence-corrected chi connectivity index (χ4v) is 3.86. The lowest BCUT2D eigenvalue weighted by Crippen LogP contribution is -2.03. The number of unbranched alkanes of at least 4 members (excludes halogenated alkanes) is 1. The summed E-state index contributed by atoms with van der Waals surface area (Å²) in [5, 5.41) is 0. The summed E-state index contributed by atoms with van der Waals surface area (Å²) in [6.07, 6.45) is 5.64. The van der Waals surface area contributed by atoms with Gasteiger partial charge in [0.1, 0.15) is 5.52 Å². The predicted octanol–water partition coefficient (Wildman–Crippen LogP) is 3.64. The Labute approximate surface area is 139 Å². The van der Waals surface area contributed by atoms with Crippen molar-refractivity contribution in [2.24, 2.45) is 0 Å². The average Bonchev–Trinajstić information content (AvgIpc) is 2.99. The lowest BCUT2D eigenvalue weighted by atomic mass is 10.2. The van der Waals surface area contributed by atoms with E-state index in [0.29, 0.717) is 5.75 Å². The number of imidazole rings is 1. The molecular weight excluding hydrogens is 306 g/mol. The number of pyridine rings is 1. The molecule has 3 aromatic rings. The number of hydrogen-bond donors (Lipinski definition) is 0. The molecule has 0 saturated heterocycles. The number of benzene rings is 1. The second-order valence-electron chi connectivity index (χ2n) is 5.71. The number of fused-ring (bicyclic) bond motifs is 1. The predicted molar refractivity (Wildman–Crippen MR) is 94.0 cm³/mol. The van der Waals surface area contributed by atoms with Crippen molar-refractivity contribution in [3.8, 4) is 0 Å². The van der Waals surface area contributed by atoms with Gasteiger partial charge >= 0.3 is 0 Å². The van der Waals surface area contributed by atoms with Crippen LogP contribution in [0.2, 0.25) is 0 Å². The van der Waals surface area contributed by atoms with Gasteiger partial charge in [0.2, 0.25) is 0 Å². The molecule has 2 aromatic heterocycles. The van der Waals surface area contributed by atoms with Crippen LogP contribution >= 0.6 is 0 Å². The largest absolute Gasteiger partial charge is 0.330 e. The minimum atomic E-state index is -0.902. The monoisotopic (exact) mass is 327 g/mol. The Morgan fingerprint density at radius 2 is 1.87 bits per heavy atom. The molecule has 0 saturated carbocycles. The minimum Gasteiger partial charge on any atom is -0.330 e. The van der Waals surface area contributed by atoms with Gasteiger partial charge in [0.05, 0.1) is 28.8 Å². The Bertz CT molecular complexity index is 827. The molecule has 120 valence electrons. The normalized spacial score (nSPS) is 12.6. The highest BCUT2D eigenvalue weighted by molar-refractivity contribution is 7.85. The van der Waals surface area contributed by atoms with Crippen LogP contribution in [0, 0.1) is 13.8 Å². The number of nitrogens with zero attached hydrogens (tertiary/aromatic N) is 3. The van der Waals surface area contributed by atoms with Gasteiger partial charge in [-0.2, -0.15) is 0 Å². The van der Waals surface area contributed by atoms with Gasteiger partial charge in [0, 0.05) is 22.9 Å². The zero-order valence-corrected chi connectivity index (χ0v) is 14.3. The van der Waals surface area contributed by atoms with E-state index >= 15 is 0 Å². The van der Waals surface area contributed by atoms with Crippen LogP contribution in [0.5, 0.6) is 0 Å². The van der Waals surface area contributed by atoms with E-state index in [-0.39, 0.29) is 0 Å². The average molecular weight is 327 g/mol. The summed E-state index contributed by atoms with van der Waals surface area (Å²) in [5.74, 6) is 0.705. The highest BCUT2D eigenvalue weighted by Crippen LogP contribution is 2.19. The summed E-state index contributed by atoms with van der Waals surface area (Å²) >= 11 is 0. The van der Waals surface area contributed by atoms with Gasteiger partial charge in [-0.25, -0.2) is 4.98 Å². The second-order valence-corrected chi connectivity index (χ2v) is 7.28. The van der Waals surface area contributed by atoms with E-state index in [9.17, 15) is 4.21 Å². The maximum absolute atomic E-state index is 12.2. The van der Waals surface area contributed by atoms with Crippen LogP contribution in [0.3, 0.4) is 0 Å². The Hall–Kier alpha value is -2.01. The van der Waals surface area contributed by atoms with E-state index in [1.165, 1.54) is 11.1 Å². The topological polar surface area (TPSA) is 47.8 Å². The van der Waals surface area contributed by atoms with Crippen LogP contribution in [0.4, 0.5) is 0 Å². The Balaban J connectivity index is 1.59. The molecule has 1 unspecified atom stereocenters. The molecule has 0 radical (unpaired) electrons. The molecule has 0 aliphatic carbocycles. The lowest BCUT2D eigenvalue weighted by molar-refractivity contribution is 0.638. The molecule has 2 heterocycles. The second kappa shape index (κ2) is 7.04. The molecule has 0 aliphatic rings. The fourth-order valence-electron chi connectivity index (χ4n) is 2.70. The Morgan fingerprint density at radius 1 is 1.09 bits per heavy atom. The minimum absolute atomic E-state index is 0.705. The first kappa shape index (κ1) is 15.9. The molecule has 0 amide bonds. The van der Waals surface area contributed by atoms with E-state index in [4.69, 9.17) is 0 Å². The van der Waals surface area contributed by atoms with Crippen molar-refractivity contribution in [3.05, 3.63) is 54.1 Å². The standard InChI is InChI=1S/C18H21N3OS/c1-14-15(2)19-12-17-18(14)21(13-20-17)10-6-7-11-23(22)16-8-4-3-5-9-16/h3-5,8-9,12-13H,6-7,10-11H2,1-2H3. The van der Waals surface area contributed by atoms with Gasteiger partial charge in [-0.3, -0.25) is 9.19 Å². The Kier molecular flexibility index (Phi) is 4.86. The van der Waals surface area contributed by atoms with E-state index in [0.717, 1.165) is 35.5 Å². The summed E-state index contributed by atoms with van der Waals surface area (Å²) in [6, 6.07) is 9.68. The van der Waals surface area contributed by atoms with Gasteiger partial charge in [-0.15, -0.1) is 0 Å². The lowest BCUT2D eigenvalue weighted by Gasteiger charge is -2.08. The van der Waals surface area contributed by atoms with Crippen LogP contribution in [-0.4, -0.2) is 24.5 Å². The first-order valence-corrected chi connectivity index (χ1v) is 9.19. The molecule has 3 rings (SSSR count). The summed E-state index contributed by atoms with van der Waals surface area (Å²) in [6.45, 7) is 5.01. The fraction of sp³-hybridized carbons (Fsp3) is 0.333. The number of aryl methyl sites for hydroxylation is 3. The van der Waals surface area contributed by atoms with Crippen molar-refractivity contribution in [2.75, 3.05) is 5.75 Å². The molecule has 1 aromatic carbocycles. The molecule has 0 spiro atoms. The molecule has 0 N–H and O–H groups in total. The molecule has 23 heavy (non-hydrogen) atoms.